The lowest BCUT2D eigenvalue weighted by Crippen LogP contribution is -2.36. The molecule has 0 radical (unpaired) electrons. The quantitative estimate of drug-likeness (QED) is 0.597. The molecule has 0 unspecified atom stereocenters. The summed E-state index contributed by atoms with van der Waals surface area (Å²) >= 11 is 0. The number of fused-ring (bicyclic) bond motifs is 2. The fraction of sp³-hybridized carbons (Fsp3) is 0.556. The second-order valence-electron chi connectivity index (χ2n) is 7.08. The Morgan fingerprint density at radius 1 is 0.875 bits per heavy atom. The molecule has 0 aromatic carbocycles. The van der Waals surface area contributed by atoms with E-state index < -0.39 is 0 Å². The van der Waals surface area contributed by atoms with Crippen molar-refractivity contribution in [2.75, 3.05) is 0 Å². The average Bonchev–Trinajstić information content (AvgIpc) is 3.09. The van der Waals surface area contributed by atoms with Gasteiger partial charge in [0.15, 0.2) is 0 Å². The molecule has 0 spiro atoms. The van der Waals surface area contributed by atoms with Crippen LogP contribution in [-0.2, 0) is 9.59 Å². The summed E-state index contributed by atoms with van der Waals surface area (Å²) in [6.07, 6.45) is 13.1. The van der Waals surface area contributed by atoms with Gasteiger partial charge >= 0.3 is 0 Å². The second-order valence-corrected chi connectivity index (χ2v) is 7.08. The largest absolute Gasteiger partial charge is 0.273 e. The van der Waals surface area contributed by atoms with E-state index >= 15 is 0 Å². The average molecular weight is 326 g/mol. The lowest BCUT2D eigenvalue weighted by Gasteiger charge is -2.31. The summed E-state index contributed by atoms with van der Waals surface area (Å²) in [6, 6.07) is 0. The summed E-state index contributed by atoms with van der Waals surface area (Å²) in [4.78, 5) is 23.6. The molecule has 6 heteroatoms. The van der Waals surface area contributed by atoms with Crippen molar-refractivity contribution >= 4 is 23.2 Å². The minimum absolute atomic E-state index is 0.128. The van der Waals surface area contributed by atoms with E-state index in [1.165, 1.54) is 0 Å². The number of allylic oxidation sites excluding steroid dienone is 4. The molecular formula is C18H22N4O2. The molecule has 0 aromatic heterocycles. The maximum absolute atomic E-state index is 11.8. The van der Waals surface area contributed by atoms with Crippen molar-refractivity contribution < 1.29 is 9.59 Å². The van der Waals surface area contributed by atoms with Crippen LogP contribution in [0.25, 0.3) is 0 Å². The van der Waals surface area contributed by atoms with E-state index in [1.807, 2.05) is 0 Å². The SMILES string of the molecule is O=C(CCC(=O)N/N=C1/C[C@@H]2CC=C[C@H]12)N/N=C1/C[C@H]2CC=C[C@H]12. The van der Waals surface area contributed by atoms with E-state index in [4.69, 9.17) is 0 Å². The van der Waals surface area contributed by atoms with Crippen LogP contribution < -0.4 is 10.9 Å². The Morgan fingerprint density at radius 3 is 1.75 bits per heavy atom. The number of nitrogens with one attached hydrogen (secondary N) is 2. The zero-order valence-corrected chi connectivity index (χ0v) is 13.6. The number of carbonyl (C=O) groups excluding carboxylic acids is 2. The molecule has 4 atom stereocenters. The van der Waals surface area contributed by atoms with Crippen LogP contribution in [0.2, 0.25) is 0 Å². The predicted octanol–water partition coefficient (Wildman–Crippen LogP) is 1.90. The summed E-state index contributed by atoms with van der Waals surface area (Å²) in [7, 11) is 0. The molecule has 4 aliphatic carbocycles. The molecule has 0 bridgehead atoms. The van der Waals surface area contributed by atoms with Gasteiger partial charge in [0.1, 0.15) is 0 Å². The van der Waals surface area contributed by atoms with Crippen molar-refractivity contribution in [2.45, 2.75) is 38.5 Å². The Morgan fingerprint density at radius 2 is 1.33 bits per heavy atom. The Kier molecular flexibility index (Phi) is 4.04. The Balaban J connectivity index is 1.15. The first-order chi connectivity index (χ1) is 11.7. The molecule has 2 saturated carbocycles. The Bertz CT molecular complexity index is 619. The molecule has 0 aliphatic heterocycles. The maximum atomic E-state index is 11.8. The standard InChI is InChI=1S/C18H22N4O2/c23-17(21-19-15-9-11-3-1-5-13(11)15)7-8-18(24)22-20-16-10-12-4-2-6-14(12)16/h1-2,5-6,11-14H,3-4,7-10H2,(H,21,23)(H,22,24)/b19-15-,20-16-/t11-,12+,13-,14-/m0/s1. The minimum Gasteiger partial charge on any atom is -0.273 e. The maximum Gasteiger partial charge on any atom is 0.240 e. The first-order valence-electron chi connectivity index (χ1n) is 8.74. The van der Waals surface area contributed by atoms with Gasteiger partial charge in [-0.05, 0) is 37.5 Å². The van der Waals surface area contributed by atoms with Gasteiger partial charge in [-0.3, -0.25) is 9.59 Å². The van der Waals surface area contributed by atoms with Gasteiger partial charge in [0.25, 0.3) is 0 Å². The van der Waals surface area contributed by atoms with Crippen LogP contribution in [0.5, 0.6) is 0 Å². The summed E-state index contributed by atoms with van der Waals surface area (Å²) in [5.74, 6) is 1.76. The molecule has 6 nitrogen and oxygen atoms in total. The molecule has 2 amide bonds. The van der Waals surface area contributed by atoms with Crippen molar-refractivity contribution in [3.63, 3.8) is 0 Å². The third kappa shape index (κ3) is 2.92. The van der Waals surface area contributed by atoms with Crippen LogP contribution in [-0.4, -0.2) is 23.2 Å². The highest BCUT2D eigenvalue weighted by Crippen LogP contribution is 2.40. The lowest BCUT2D eigenvalue weighted by atomic mass is 9.74. The molecule has 0 aromatic rings. The van der Waals surface area contributed by atoms with E-state index in [-0.39, 0.29) is 24.7 Å². The van der Waals surface area contributed by atoms with Gasteiger partial charge in [-0.15, -0.1) is 0 Å². The van der Waals surface area contributed by atoms with E-state index in [1.54, 1.807) is 0 Å². The predicted molar refractivity (Wildman–Crippen MR) is 91.1 cm³/mol. The molecule has 2 N–H and O–H groups in total. The van der Waals surface area contributed by atoms with Gasteiger partial charge in [0, 0.05) is 36.1 Å². The third-order valence-electron chi connectivity index (χ3n) is 5.52. The highest BCUT2D eigenvalue weighted by Gasteiger charge is 2.38. The molecule has 0 heterocycles. The summed E-state index contributed by atoms with van der Waals surface area (Å²) in [5.41, 5.74) is 7.21. The normalized spacial score (nSPS) is 35.3. The third-order valence-corrected chi connectivity index (χ3v) is 5.52. The molecule has 126 valence electrons. The van der Waals surface area contributed by atoms with Crippen molar-refractivity contribution in [3.05, 3.63) is 24.3 Å². The zero-order valence-electron chi connectivity index (χ0n) is 13.6. The Labute approximate surface area is 141 Å². The fourth-order valence-corrected chi connectivity index (χ4v) is 3.93. The van der Waals surface area contributed by atoms with Crippen LogP contribution in [0, 0.1) is 23.7 Å². The molecule has 4 rings (SSSR count). The van der Waals surface area contributed by atoms with Gasteiger partial charge in [0.05, 0.1) is 0 Å². The number of hydrazone groups is 2. The highest BCUT2D eigenvalue weighted by molar-refractivity contribution is 5.96. The van der Waals surface area contributed by atoms with Gasteiger partial charge in [0.2, 0.25) is 11.8 Å². The number of hydrogen-bond acceptors (Lipinski definition) is 4. The second kappa shape index (κ2) is 6.34. The number of amides is 2. The van der Waals surface area contributed by atoms with Crippen LogP contribution >= 0.6 is 0 Å². The van der Waals surface area contributed by atoms with Gasteiger partial charge in [-0.25, -0.2) is 10.9 Å². The van der Waals surface area contributed by atoms with E-state index in [0.29, 0.717) is 23.7 Å². The number of nitrogens with zero attached hydrogens (tertiary/aromatic N) is 2. The van der Waals surface area contributed by atoms with Crippen molar-refractivity contribution in [2.24, 2.45) is 33.9 Å². The molecule has 24 heavy (non-hydrogen) atoms. The van der Waals surface area contributed by atoms with Crippen LogP contribution in [0.1, 0.15) is 38.5 Å². The van der Waals surface area contributed by atoms with E-state index in [9.17, 15) is 9.59 Å². The molecule has 4 aliphatic rings. The Hall–Kier alpha value is -2.24. The van der Waals surface area contributed by atoms with Crippen LogP contribution in [0.3, 0.4) is 0 Å². The van der Waals surface area contributed by atoms with Crippen molar-refractivity contribution in [3.8, 4) is 0 Å². The number of hydrogen-bond donors (Lipinski definition) is 2. The van der Waals surface area contributed by atoms with Crippen molar-refractivity contribution in [1.29, 1.82) is 0 Å². The lowest BCUT2D eigenvalue weighted by molar-refractivity contribution is -0.126. The molecule has 0 saturated heterocycles. The fourth-order valence-electron chi connectivity index (χ4n) is 3.93. The topological polar surface area (TPSA) is 82.9 Å². The molecule has 2 fully saturated rings. The summed E-state index contributed by atoms with van der Waals surface area (Å²) in [5, 5.41) is 8.36. The zero-order chi connectivity index (χ0) is 16.5. The van der Waals surface area contributed by atoms with E-state index in [2.05, 4.69) is 45.4 Å². The highest BCUT2D eigenvalue weighted by atomic mass is 16.2. The summed E-state index contributed by atoms with van der Waals surface area (Å²) < 4.78 is 0. The van der Waals surface area contributed by atoms with Gasteiger partial charge < -0.3 is 0 Å². The summed E-state index contributed by atoms with van der Waals surface area (Å²) in [6.45, 7) is 0. The van der Waals surface area contributed by atoms with E-state index in [0.717, 1.165) is 37.1 Å². The van der Waals surface area contributed by atoms with Crippen LogP contribution in [0.4, 0.5) is 0 Å². The smallest absolute Gasteiger partial charge is 0.240 e. The minimum atomic E-state index is -0.224. The number of rotatable bonds is 5. The molecular weight excluding hydrogens is 304 g/mol. The monoisotopic (exact) mass is 326 g/mol. The first kappa shape index (κ1) is 15.3. The van der Waals surface area contributed by atoms with Crippen LogP contribution in [0.15, 0.2) is 34.5 Å². The van der Waals surface area contributed by atoms with Gasteiger partial charge in [-0.2, -0.15) is 10.2 Å². The number of carbonyl (C=O) groups is 2. The van der Waals surface area contributed by atoms with Crippen molar-refractivity contribution in [1.82, 2.24) is 10.9 Å². The van der Waals surface area contributed by atoms with Gasteiger partial charge in [-0.1, -0.05) is 24.3 Å². The first-order valence-corrected chi connectivity index (χ1v) is 8.74.